The Hall–Kier alpha value is -2.51. The molecule has 0 saturated heterocycles. The molecule has 0 fully saturated rings. The predicted molar refractivity (Wildman–Crippen MR) is 58.9 cm³/mol. The Morgan fingerprint density at radius 1 is 1.50 bits per heavy atom. The first-order chi connectivity index (χ1) is 8.68. The minimum atomic E-state index is -0.824. The van der Waals surface area contributed by atoms with Crippen LogP contribution in [0.25, 0.3) is 0 Å². The summed E-state index contributed by atoms with van der Waals surface area (Å²) in [6, 6.07) is 1.26. The Morgan fingerprint density at radius 2 is 2.33 bits per heavy atom. The van der Waals surface area contributed by atoms with Gasteiger partial charge in [-0.3, -0.25) is 4.79 Å². The molecule has 1 amide bonds. The van der Waals surface area contributed by atoms with Crippen molar-refractivity contribution in [1.29, 1.82) is 0 Å². The molecule has 0 aromatic carbocycles. The van der Waals surface area contributed by atoms with Gasteiger partial charge >= 0.3 is 0 Å². The summed E-state index contributed by atoms with van der Waals surface area (Å²) in [5, 5.41) is 6.10. The monoisotopic (exact) mass is 251 g/mol. The van der Waals surface area contributed by atoms with Gasteiger partial charge in [0.2, 0.25) is 6.39 Å². The maximum Gasteiger partial charge on any atom is 0.254 e. The highest BCUT2D eigenvalue weighted by Crippen LogP contribution is 2.11. The maximum atomic E-state index is 13.5. The Kier molecular flexibility index (Phi) is 3.46. The van der Waals surface area contributed by atoms with E-state index in [4.69, 9.17) is 5.73 Å². The molecule has 18 heavy (non-hydrogen) atoms. The van der Waals surface area contributed by atoms with Gasteiger partial charge < -0.3 is 15.6 Å². The number of rotatable bonds is 4. The lowest BCUT2D eigenvalue weighted by atomic mass is 10.2. The molecule has 2 aromatic rings. The van der Waals surface area contributed by atoms with Crippen LogP contribution in [-0.4, -0.2) is 27.6 Å². The summed E-state index contributed by atoms with van der Waals surface area (Å²) in [4.78, 5) is 19.0. The maximum absolute atomic E-state index is 13.5. The van der Waals surface area contributed by atoms with Gasteiger partial charge in [-0.25, -0.2) is 9.37 Å². The zero-order chi connectivity index (χ0) is 13.0. The summed E-state index contributed by atoms with van der Waals surface area (Å²) in [5.74, 6) is -1.23. The molecular weight excluding hydrogens is 241 g/mol. The smallest absolute Gasteiger partial charge is 0.254 e. The second kappa shape index (κ2) is 5.21. The first-order valence-corrected chi connectivity index (χ1v) is 5.12. The van der Waals surface area contributed by atoms with Gasteiger partial charge in [0.1, 0.15) is 0 Å². The van der Waals surface area contributed by atoms with Gasteiger partial charge in [-0.05, 0) is 6.07 Å². The molecule has 0 bridgehead atoms. The molecule has 7 nitrogen and oxygen atoms in total. The normalized spacial score (nSPS) is 10.3. The molecule has 94 valence electrons. The van der Waals surface area contributed by atoms with Crippen molar-refractivity contribution in [2.75, 3.05) is 12.3 Å². The molecule has 0 aliphatic heterocycles. The standard InChI is InChI=1S/C10H10FN5O2/c11-8-6(1-3-13-9(8)12)10(17)14-4-2-7-15-5-18-16-7/h1,3,5H,2,4H2,(H2,12,13)(H,14,17). The third-order valence-electron chi connectivity index (χ3n) is 2.20. The second-order valence-electron chi connectivity index (χ2n) is 3.41. The van der Waals surface area contributed by atoms with Crippen molar-refractivity contribution in [1.82, 2.24) is 20.4 Å². The highest BCUT2D eigenvalue weighted by atomic mass is 19.1. The van der Waals surface area contributed by atoms with Crippen molar-refractivity contribution >= 4 is 11.7 Å². The Bertz CT molecular complexity index is 543. The van der Waals surface area contributed by atoms with E-state index in [1.807, 2.05) is 0 Å². The fourth-order valence-electron chi connectivity index (χ4n) is 1.32. The minimum absolute atomic E-state index is 0.143. The Morgan fingerprint density at radius 3 is 3.06 bits per heavy atom. The van der Waals surface area contributed by atoms with E-state index in [1.165, 1.54) is 18.7 Å². The van der Waals surface area contributed by atoms with Crippen LogP contribution in [0.4, 0.5) is 10.2 Å². The van der Waals surface area contributed by atoms with E-state index in [-0.39, 0.29) is 17.9 Å². The van der Waals surface area contributed by atoms with Gasteiger partial charge in [0, 0.05) is 19.2 Å². The highest BCUT2D eigenvalue weighted by Gasteiger charge is 2.14. The predicted octanol–water partition coefficient (Wildman–Crippen LogP) is 0.158. The summed E-state index contributed by atoms with van der Waals surface area (Å²) in [5.41, 5.74) is 5.12. The molecule has 0 aliphatic rings. The number of anilines is 1. The Balaban J connectivity index is 1.93. The van der Waals surface area contributed by atoms with Gasteiger partial charge in [-0.2, -0.15) is 4.98 Å². The number of aromatic nitrogens is 3. The van der Waals surface area contributed by atoms with Crippen LogP contribution in [0.1, 0.15) is 16.2 Å². The molecular formula is C10H10FN5O2. The summed E-state index contributed by atoms with van der Waals surface area (Å²) in [7, 11) is 0. The largest absolute Gasteiger partial charge is 0.381 e. The number of carbonyl (C=O) groups is 1. The molecule has 8 heteroatoms. The number of hydrogen-bond acceptors (Lipinski definition) is 6. The lowest BCUT2D eigenvalue weighted by Gasteiger charge is -2.05. The molecule has 0 radical (unpaired) electrons. The number of halogens is 1. The summed E-state index contributed by atoms with van der Waals surface area (Å²) < 4.78 is 18.0. The van der Waals surface area contributed by atoms with Gasteiger partial charge in [-0.1, -0.05) is 5.16 Å². The minimum Gasteiger partial charge on any atom is -0.381 e. The van der Waals surface area contributed by atoms with Crippen LogP contribution >= 0.6 is 0 Å². The fraction of sp³-hybridized carbons (Fsp3) is 0.200. The number of nitrogen functional groups attached to an aromatic ring is 1. The first kappa shape index (κ1) is 12.0. The van der Waals surface area contributed by atoms with Crippen molar-refractivity contribution in [2.45, 2.75) is 6.42 Å². The van der Waals surface area contributed by atoms with Gasteiger partial charge in [0.05, 0.1) is 5.56 Å². The van der Waals surface area contributed by atoms with Gasteiger partial charge in [0.25, 0.3) is 5.91 Å². The molecule has 2 aromatic heterocycles. The van der Waals surface area contributed by atoms with E-state index < -0.39 is 11.7 Å². The lowest BCUT2D eigenvalue weighted by Crippen LogP contribution is -2.27. The van der Waals surface area contributed by atoms with E-state index in [0.29, 0.717) is 12.2 Å². The third-order valence-corrected chi connectivity index (χ3v) is 2.20. The van der Waals surface area contributed by atoms with Crippen molar-refractivity contribution in [2.24, 2.45) is 0 Å². The SMILES string of the molecule is Nc1nccc(C(=O)NCCc2ncon2)c1F. The molecule has 0 spiro atoms. The van der Waals surface area contributed by atoms with Crippen LogP contribution in [0.5, 0.6) is 0 Å². The lowest BCUT2D eigenvalue weighted by molar-refractivity contribution is 0.0950. The van der Waals surface area contributed by atoms with Crippen LogP contribution in [0, 0.1) is 5.82 Å². The summed E-state index contributed by atoms with van der Waals surface area (Å²) in [6.45, 7) is 0.264. The Labute approximate surface area is 101 Å². The van der Waals surface area contributed by atoms with Crippen LogP contribution in [-0.2, 0) is 6.42 Å². The molecule has 0 aliphatic carbocycles. The van der Waals surface area contributed by atoms with Gasteiger partial charge in [0.15, 0.2) is 17.5 Å². The molecule has 2 heterocycles. The first-order valence-electron chi connectivity index (χ1n) is 5.12. The number of hydrogen-bond donors (Lipinski definition) is 2. The van der Waals surface area contributed by atoms with E-state index >= 15 is 0 Å². The number of amides is 1. The van der Waals surface area contributed by atoms with Crippen molar-refractivity contribution < 1.29 is 13.7 Å². The van der Waals surface area contributed by atoms with Gasteiger partial charge in [-0.15, -0.1) is 0 Å². The zero-order valence-corrected chi connectivity index (χ0v) is 9.26. The number of nitrogens with one attached hydrogen (secondary N) is 1. The highest BCUT2D eigenvalue weighted by molar-refractivity contribution is 5.95. The van der Waals surface area contributed by atoms with E-state index in [1.54, 1.807) is 0 Å². The van der Waals surface area contributed by atoms with Crippen molar-refractivity contribution in [3.05, 3.63) is 35.9 Å². The van der Waals surface area contributed by atoms with Crippen molar-refractivity contribution in [3.8, 4) is 0 Å². The number of carbonyl (C=O) groups excluding carboxylic acids is 1. The van der Waals surface area contributed by atoms with Crippen LogP contribution in [0.2, 0.25) is 0 Å². The fourth-order valence-corrected chi connectivity index (χ4v) is 1.32. The van der Waals surface area contributed by atoms with Crippen LogP contribution in [0.15, 0.2) is 23.2 Å². The molecule has 0 saturated carbocycles. The number of nitrogens with zero attached hydrogens (tertiary/aromatic N) is 3. The molecule has 3 N–H and O–H groups in total. The van der Waals surface area contributed by atoms with Crippen LogP contribution < -0.4 is 11.1 Å². The average Bonchev–Trinajstić information content (AvgIpc) is 2.85. The second-order valence-corrected chi connectivity index (χ2v) is 3.41. The third kappa shape index (κ3) is 2.59. The summed E-state index contributed by atoms with van der Waals surface area (Å²) in [6.07, 6.45) is 2.86. The quantitative estimate of drug-likeness (QED) is 0.801. The van der Waals surface area contributed by atoms with E-state index in [0.717, 1.165) is 0 Å². The summed E-state index contributed by atoms with van der Waals surface area (Å²) >= 11 is 0. The number of pyridine rings is 1. The number of nitrogens with two attached hydrogens (primary N) is 1. The van der Waals surface area contributed by atoms with E-state index in [2.05, 4.69) is 25.0 Å². The molecule has 2 rings (SSSR count). The van der Waals surface area contributed by atoms with E-state index in [9.17, 15) is 9.18 Å². The van der Waals surface area contributed by atoms with Crippen molar-refractivity contribution in [3.63, 3.8) is 0 Å². The zero-order valence-electron chi connectivity index (χ0n) is 9.26. The molecule has 0 atom stereocenters. The molecule has 0 unspecified atom stereocenters. The topological polar surface area (TPSA) is 107 Å². The average molecular weight is 251 g/mol. The van der Waals surface area contributed by atoms with Crippen LogP contribution in [0.3, 0.4) is 0 Å².